The molecule has 0 fully saturated rings. The summed E-state index contributed by atoms with van der Waals surface area (Å²) in [5.74, 6) is -0.116. The third kappa shape index (κ3) is 1.72. The van der Waals surface area contributed by atoms with Crippen LogP contribution in [0.1, 0.15) is 17.2 Å². The van der Waals surface area contributed by atoms with Crippen molar-refractivity contribution in [3.63, 3.8) is 0 Å². The first kappa shape index (κ1) is 10.1. The van der Waals surface area contributed by atoms with Crippen molar-refractivity contribution in [2.75, 3.05) is 14.2 Å². The zero-order chi connectivity index (χ0) is 10.8. The van der Waals surface area contributed by atoms with Crippen molar-refractivity contribution in [1.82, 2.24) is 0 Å². The van der Waals surface area contributed by atoms with Crippen LogP contribution in [-0.4, -0.2) is 20.4 Å². The number of ether oxygens (including phenoxy) is 2. The monoisotopic (exact) mass is 209 g/mol. The molecule has 0 saturated carbocycles. The predicted octanol–water partition coefficient (Wildman–Crippen LogP) is 2.11. The minimum atomic E-state index is -0.358. The number of aliphatic imine (C=N–C) groups is 1. The van der Waals surface area contributed by atoms with Gasteiger partial charge in [-0.3, -0.25) is 4.99 Å². The van der Waals surface area contributed by atoms with E-state index in [9.17, 15) is 4.39 Å². The Bertz CT molecular complexity index is 404. The first-order valence-electron chi connectivity index (χ1n) is 4.65. The van der Waals surface area contributed by atoms with E-state index in [0.29, 0.717) is 6.54 Å². The van der Waals surface area contributed by atoms with Crippen LogP contribution in [0.15, 0.2) is 17.1 Å². The summed E-state index contributed by atoms with van der Waals surface area (Å²) in [6.45, 7) is 0.496. The maximum atomic E-state index is 13.4. The Morgan fingerprint density at radius 1 is 1.40 bits per heavy atom. The van der Waals surface area contributed by atoms with Gasteiger partial charge >= 0.3 is 0 Å². The van der Waals surface area contributed by atoms with Crippen molar-refractivity contribution in [3.05, 3.63) is 29.1 Å². The molecule has 1 aliphatic heterocycles. The molecule has 15 heavy (non-hydrogen) atoms. The van der Waals surface area contributed by atoms with Gasteiger partial charge in [-0.15, -0.1) is 0 Å². The number of hydrogen-bond acceptors (Lipinski definition) is 3. The molecule has 0 bridgehead atoms. The fourth-order valence-corrected chi connectivity index (χ4v) is 1.68. The highest BCUT2D eigenvalue weighted by Crippen LogP contribution is 2.30. The topological polar surface area (TPSA) is 30.8 Å². The molecular formula is C11H12FNO2. The van der Waals surface area contributed by atoms with Crippen molar-refractivity contribution in [2.45, 2.75) is 12.6 Å². The largest absolute Gasteiger partial charge is 0.494 e. The molecule has 1 aliphatic rings. The molecule has 1 unspecified atom stereocenters. The van der Waals surface area contributed by atoms with E-state index in [1.165, 1.54) is 13.2 Å². The third-order valence-electron chi connectivity index (χ3n) is 2.48. The molecule has 0 saturated heterocycles. The average molecular weight is 209 g/mol. The third-order valence-corrected chi connectivity index (χ3v) is 2.48. The Morgan fingerprint density at radius 3 is 2.87 bits per heavy atom. The lowest BCUT2D eigenvalue weighted by Gasteiger charge is -2.19. The number of hydrogen-bond donors (Lipinski definition) is 0. The minimum Gasteiger partial charge on any atom is -0.494 e. The van der Waals surface area contributed by atoms with Crippen molar-refractivity contribution in [2.24, 2.45) is 4.99 Å². The average Bonchev–Trinajstić information content (AvgIpc) is 2.27. The zero-order valence-electron chi connectivity index (χ0n) is 8.66. The van der Waals surface area contributed by atoms with E-state index in [1.807, 2.05) is 0 Å². The summed E-state index contributed by atoms with van der Waals surface area (Å²) in [5.41, 5.74) is 1.77. The molecule has 4 heteroatoms. The molecule has 1 aromatic rings. The van der Waals surface area contributed by atoms with Gasteiger partial charge in [0.05, 0.1) is 13.7 Å². The SMILES string of the molecule is COc1cc2c(cc1F)CN=CC2OC. The van der Waals surface area contributed by atoms with Crippen LogP contribution >= 0.6 is 0 Å². The Morgan fingerprint density at radius 2 is 2.20 bits per heavy atom. The van der Waals surface area contributed by atoms with Gasteiger partial charge in [0.25, 0.3) is 0 Å². The van der Waals surface area contributed by atoms with Gasteiger partial charge in [-0.1, -0.05) is 0 Å². The lowest BCUT2D eigenvalue weighted by Crippen LogP contribution is -2.11. The molecule has 80 valence electrons. The molecule has 0 spiro atoms. The van der Waals surface area contributed by atoms with Gasteiger partial charge in [0.1, 0.15) is 6.10 Å². The second-order valence-electron chi connectivity index (χ2n) is 3.33. The summed E-state index contributed by atoms with van der Waals surface area (Å²) >= 11 is 0. The molecule has 2 rings (SSSR count). The van der Waals surface area contributed by atoms with Gasteiger partial charge in [0.15, 0.2) is 11.6 Å². The molecule has 0 N–H and O–H groups in total. The molecule has 0 radical (unpaired) electrons. The van der Waals surface area contributed by atoms with E-state index >= 15 is 0 Å². The maximum absolute atomic E-state index is 13.4. The number of rotatable bonds is 2. The standard InChI is InChI=1S/C11H12FNO2/c1-14-10-4-8-7(3-9(10)12)5-13-6-11(8)15-2/h3-4,6,11H,5H2,1-2H3. The summed E-state index contributed by atoms with van der Waals surface area (Å²) < 4.78 is 23.5. The lowest BCUT2D eigenvalue weighted by atomic mass is 10.00. The van der Waals surface area contributed by atoms with E-state index in [0.717, 1.165) is 11.1 Å². The number of benzene rings is 1. The van der Waals surface area contributed by atoms with E-state index in [4.69, 9.17) is 9.47 Å². The normalized spacial score (nSPS) is 18.7. The van der Waals surface area contributed by atoms with Gasteiger partial charge in [0.2, 0.25) is 0 Å². The van der Waals surface area contributed by atoms with E-state index in [1.54, 1.807) is 19.4 Å². The van der Waals surface area contributed by atoms with E-state index < -0.39 is 0 Å². The second kappa shape index (κ2) is 3.98. The van der Waals surface area contributed by atoms with Crippen molar-refractivity contribution >= 4 is 6.21 Å². The van der Waals surface area contributed by atoms with Crippen LogP contribution in [0.4, 0.5) is 4.39 Å². The Balaban J connectivity index is 2.49. The van der Waals surface area contributed by atoms with Crippen LogP contribution in [0.25, 0.3) is 0 Å². The Kier molecular flexibility index (Phi) is 2.68. The second-order valence-corrected chi connectivity index (χ2v) is 3.33. The molecule has 0 aromatic heterocycles. The number of halogens is 1. The van der Waals surface area contributed by atoms with Crippen molar-refractivity contribution in [1.29, 1.82) is 0 Å². The highest BCUT2D eigenvalue weighted by Gasteiger charge is 2.19. The fourth-order valence-electron chi connectivity index (χ4n) is 1.68. The molecule has 0 aliphatic carbocycles. The highest BCUT2D eigenvalue weighted by atomic mass is 19.1. The number of nitrogens with zero attached hydrogens (tertiary/aromatic N) is 1. The summed E-state index contributed by atoms with van der Waals surface area (Å²) in [6.07, 6.45) is 1.52. The lowest BCUT2D eigenvalue weighted by molar-refractivity contribution is 0.158. The minimum absolute atomic E-state index is 0.205. The van der Waals surface area contributed by atoms with E-state index in [2.05, 4.69) is 4.99 Å². The quantitative estimate of drug-likeness (QED) is 0.746. The number of methoxy groups -OCH3 is 2. The Hall–Kier alpha value is -1.42. The van der Waals surface area contributed by atoms with Crippen LogP contribution in [0.5, 0.6) is 5.75 Å². The molecule has 1 heterocycles. The summed E-state index contributed by atoms with van der Waals surface area (Å²) in [5, 5.41) is 0. The summed E-state index contributed by atoms with van der Waals surface area (Å²) in [6, 6.07) is 3.13. The van der Waals surface area contributed by atoms with E-state index in [-0.39, 0.29) is 17.7 Å². The summed E-state index contributed by atoms with van der Waals surface area (Å²) in [7, 11) is 3.05. The van der Waals surface area contributed by atoms with Crippen LogP contribution in [0.2, 0.25) is 0 Å². The maximum Gasteiger partial charge on any atom is 0.165 e. The molecule has 1 aromatic carbocycles. The highest BCUT2D eigenvalue weighted by molar-refractivity contribution is 5.69. The first-order chi connectivity index (χ1) is 7.26. The Labute approximate surface area is 87.5 Å². The van der Waals surface area contributed by atoms with Gasteiger partial charge < -0.3 is 9.47 Å². The first-order valence-corrected chi connectivity index (χ1v) is 4.65. The van der Waals surface area contributed by atoms with Gasteiger partial charge in [0, 0.05) is 13.3 Å². The zero-order valence-corrected chi connectivity index (χ0v) is 8.66. The van der Waals surface area contributed by atoms with Gasteiger partial charge in [-0.05, 0) is 23.3 Å². The predicted molar refractivity (Wildman–Crippen MR) is 54.9 cm³/mol. The van der Waals surface area contributed by atoms with Gasteiger partial charge in [-0.2, -0.15) is 0 Å². The molecule has 3 nitrogen and oxygen atoms in total. The van der Waals surface area contributed by atoms with Crippen LogP contribution < -0.4 is 4.74 Å². The smallest absolute Gasteiger partial charge is 0.165 e. The van der Waals surface area contributed by atoms with Crippen LogP contribution in [0.3, 0.4) is 0 Å². The summed E-state index contributed by atoms with van der Waals surface area (Å²) in [4.78, 5) is 4.11. The molecular weight excluding hydrogens is 197 g/mol. The van der Waals surface area contributed by atoms with Crippen molar-refractivity contribution in [3.8, 4) is 5.75 Å². The van der Waals surface area contributed by atoms with Gasteiger partial charge in [-0.25, -0.2) is 4.39 Å². The fraction of sp³-hybridized carbons (Fsp3) is 0.364. The van der Waals surface area contributed by atoms with Crippen LogP contribution in [-0.2, 0) is 11.3 Å². The van der Waals surface area contributed by atoms with Crippen molar-refractivity contribution < 1.29 is 13.9 Å². The number of fused-ring (bicyclic) bond motifs is 1. The molecule has 1 atom stereocenters. The molecule has 0 amide bonds. The van der Waals surface area contributed by atoms with Crippen LogP contribution in [0, 0.1) is 5.82 Å².